The highest BCUT2D eigenvalue weighted by atomic mass is 32.1. The van der Waals surface area contributed by atoms with Gasteiger partial charge in [0.2, 0.25) is 5.82 Å². The molecule has 1 atom stereocenters. The molecule has 0 radical (unpaired) electrons. The van der Waals surface area contributed by atoms with Crippen molar-refractivity contribution in [2.75, 3.05) is 26.2 Å². The van der Waals surface area contributed by atoms with E-state index in [1.165, 1.54) is 23.3 Å². The van der Waals surface area contributed by atoms with Gasteiger partial charge >= 0.3 is 0 Å². The average molecular weight is 401 g/mol. The molecule has 0 spiro atoms. The standard InChI is InChI=1S/C20H28N6OS/c1-14-6-11-28-17(14)13-24-7-8-25-9-10-26-18(16(25)12-24)22-23-19(26)20(27)21-15-4-2-3-5-15/h6,11,15-16H,2-5,7-10,12-13H2,1H3,(H,21,27). The molecule has 2 fully saturated rings. The summed E-state index contributed by atoms with van der Waals surface area (Å²) >= 11 is 1.84. The Morgan fingerprint density at radius 3 is 2.82 bits per heavy atom. The van der Waals surface area contributed by atoms with Crippen LogP contribution in [0.5, 0.6) is 0 Å². The summed E-state index contributed by atoms with van der Waals surface area (Å²) in [6.45, 7) is 8.02. The maximum atomic E-state index is 12.8. The first kappa shape index (κ1) is 18.3. The van der Waals surface area contributed by atoms with Crippen molar-refractivity contribution in [2.45, 2.75) is 57.8 Å². The van der Waals surface area contributed by atoms with Gasteiger partial charge in [0, 0.05) is 50.2 Å². The fourth-order valence-corrected chi connectivity index (χ4v) is 5.75. The van der Waals surface area contributed by atoms with Crippen molar-refractivity contribution < 1.29 is 4.79 Å². The van der Waals surface area contributed by atoms with Crippen LogP contribution in [-0.4, -0.2) is 62.7 Å². The van der Waals surface area contributed by atoms with E-state index in [2.05, 4.69) is 48.3 Å². The summed E-state index contributed by atoms with van der Waals surface area (Å²) in [6.07, 6.45) is 4.58. The third kappa shape index (κ3) is 3.38. The highest BCUT2D eigenvalue weighted by molar-refractivity contribution is 7.10. The van der Waals surface area contributed by atoms with Crippen molar-refractivity contribution in [3.8, 4) is 0 Å². The second kappa shape index (κ2) is 7.57. The molecule has 1 saturated carbocycles. The number of nitrogens with one attached hydrogen (secondary N) is 1. The van der Waals surface area contributed by atoms with E-state index >= 15 is 0 Å². The van der Waals surface area contributed by atoms with Crippen molar-refractivity contribution in [3.05, 3.63) is 33.5 Å². The summed E-state index contributed by atoms with van der Waals surface area (Å²) in [7, 11) is 0. The maximum absolute atomic E-state index is 12.8. The number of hydrogen-bond acceptors (Lipinski definition) is 6. The monoisotopic (exact) mass is 400 g/mol. The molecule has 1 aliphatic carbocycles. The average Bonchev–Trinajstić information content (AvgIpc) is 3.43. The van der Waals surface area contributed by atoms with Gasteiger partial charge in [0.1, 0.15) is 0 Å². The molecular formula is C20H28N6OS. The van der Waals surface area contributed by atoms with Crippen LogP contribution in [0.4, 0.5) is 0 Å². The van der Waals surface area contributed by atoms with Crippen LogP contribution >= 0.6 is 11.3 Å². The van der Waals surface area contributed by atoms with E-state index in [1.54, 1.807) is 0 Å². The summed E-state index contributed by atoms with van der Waals surface area (Å²) in [6, 6.07) is 2.73. The Balaban J connectivity index is 1.32. The van der Waals surface area contributed by atoms with Crippen LogP contribution in [0.2, 0.25) is 0 Å². The summed E-state index contributed by atoms with van der Waals surface area (Å²) in [5.41, 5.74) is 1.38. The van der Waals surface area contributed by atoms with Gasteiger partial charge in [-0.05, 0) is 36.8 Å². The molecule has 1 amide bonds. The fraction of sp³-hybridized carbons (Fsp3) is 0.650. The first-order chi connectivity index (χ1) is 13.7. The van der Waals surface area contributed by atoms with Gasteiger partial charge in [-0.1, -0.05) is 12.8 Å². The zero-order chi connectivity index (χ0) is 19.1. The van der Waals surface area contributed by atoms with Gasteiger partial charge in [-0.3, -0.25) is 14.6 Å². The molecule has 8 heteroatoms. The zero-order valence-corrected chi connectivity index (χ0v) is 17.2. The van der Waals surface area contributed by atoms with Gasteiger partial charge in [0.25, 0.3) is 5.91 Å². The zero-order valence-electron chi connectivity index (χ0n) is 16.4. The second-order valence-electron chi connectivity index (χ2n) is 8.30. The van der Waals surface area contributed by atoms with E-state index in [0.29, 0.717) is 11.9 Å². The Morgan fingerprint density at radius 2 is 2.04 bits per heavy atom. The summed E-state index contributed by atoms with van der Waals surface area (Å²) < 4.78 is 2.06. The summed E-state index contributed by atoms with van der Waals surface area (Å²) in [5.74, 6) is 1.39. The van der Waals surface area contributed by atoms with Crippen LogP contribution in [-0.2, 0) is 13.1 Å². The number of hydrogen-bond donors (Lipinski definition) is 1. The quantitative estimate of drug-likeness (QED) is 0.852. The predicted octanol–water partition coefficient (Wildman–Crippen LogP) is 2.19. The smallest absolute Gasteiger partial charge is 0.289 e. The SMILES string of the molecule is Cc1ccsc1CN1CCN2CCn3c(C(=O)NC4CCCC4)nnc3C2C1. The first-order valence-corrected chi connectivity index (χ1v) is 11.3. The number of rotatable bonds is 4. The molecule has 3 aliphatic rings. The minimum Gasteiger partial charge on any atom is -0.347 e. The number of piperazine rings is 1. The number of amides is 1. The number of carbonyl (C=O) groups excluding carboxylic acids is 1. The van der Waals surface area contributed by atoms with Crippen LogP contribution in [0.25, 0.3) is 0 Å². The number of thiophene rings is 1. The lowest BCUT2D eigenvalue weighted by Gasteiger charge is -2.43. The lowest BCUT2D eigenvalue weighted by atomic mass is 10.1. The van der Waals surface area contributed by atoms with E-state index < -0.39 is 0 Å². The van der Waals surface area contributed by atoms with E-state index in [9.17, 15) is 4.79 Å². The van der Waals surface area contributed by atoms with Crippen LogP contribution < -0.4 is 5.32 Å². The molecule has 2 aromatic heterocycles. The maximum Gasteiger partial charge on any atom is 0.289 e. The van der Waals surface area contributed by atoms with E-state index in [4.69, 9.17) is 0 Å². The van der Waals surface area contributed by atoms with Crippen LogP contribution in [0.1, 0.15) is 58.6 Å². The topological polar surface area (TPSA) is 66.3 Å². The number of fused-ring (bicyclic) bond motifs is 3. The molecule has 7 nitrogen and oxygen atoms in total. The van der Waals surface area contributed by atoms with Crippen molar-refractivity contribution in [3.63, 3.8) is 0 Å². The minimum atomic E-state index is -0.0547. The molecule has 150 valence electrons. The van der Waals surface area contributed by atoms with E-state index in [1.807, 2.05) is 11.3 Å². The molecule has 1 N–H and O–H groups in total. The minimum absolute atomic E-state index is 0.0547. The van der Waals surface area contributed by atoms with Gasteiger partial charge in [0.05, 0.1) is 6.04 Å². The lowest BCUT2D eigenvalue weighted by molar-refractivity contribution is 0.0462. The second-order valence-corrected chi connectivity index (χ2v) is 9.30. The summed E-state index contributed by atoms with van der Waals surface area (Å²) in [5, 5.41) is 14.1. The highest BCUT2D eigenvalue weighted by Crippen LogP contribution is 2.30. The lowest BCUT2D eigenvalue weighted by Crippen LogP contribution is -2.52. The largest absolute Gasteiger partial charge is 0.347 e. The van der Waals surface area contributed by atoms with Crippen molar-refractivity contribution in [1.82, 2.24) is 29.9 Å². The Bertz CT molecular complexity index is 855. The number of carbonyl (C=O) groups is 1. The molecule has 28 heavy (non-hydrogen) atoms. The van der Waals surface area contributed by atoms with Gasteiger partial charge in [-0.15, -0.1) is 21.5 Å². The predicted molar refractivity (Wildman–Crippen MR) is 108 cm³/mol. The van der Waals surface area contributed by atoms with Gasteiger partial charge in [-0.2, -0.15) is 0 Å². The summed E-state index contributed by atoms with van der Waals surface area (Å²) in [4.78, 5) is 19.2. The van der Waals surface area contributed by atoms with Crippen molar-refractivity contribution >= 4 is 17.2 Å². The number of aromatic nitrogens is 3. The van der Waals surface area contributed by atoms with Crippen LogP contribution in [0.15, 0.2) is 11.4 Å². The van der Waals surface area contributed by atoms with E-state index in [0.717, 1.165) is 57.9 Å². The molecule has 1 unspecified atom stereocenters. The first-order valence-electron chi connectivity index (χ1n) is 10.4. The third-order valence-corrected chi connectivity index (χ3v) is 7.50. The van der Waals surface area contributed by atoms with Gasteiger partial charge in [-0.25, -0.2) is 0 Å². The molecule has 5 rings (SSSR count). The molecule has 4 heterocycles. The number of aryl methyl sites for hydroxylation is 1. The molecule has 2 aromatic rings. The normalized spacial score (nSPS) is 23.5. The molecular weight excluding hydrogens is 372 g/mol. The molecule has 0 aromatic carbocycles. The fourth-order valence-electron chi connectivity index (χ4n) is 4.80. The van der Waals surface area contributed by atoms with Gasteiger partial charge in [0.15, 0.2) is 5.82 Å². The molecule has 1 saturated heterocycles. The van der Waals surface area contributed by atoms with Crippen molar-refractivity contribution in [1.29, 1.82) is 0 Å². The number of nitrogens with zero attached hydrogens (tertiary/aromatic N) is 5. The third-order valence-electron chi connectivity index (χ3n) is 6.49. The molecule has 2 aliphatic heterocycles. The Labute approximate surface area is 169 Å². The van der Waals surface area contributed by atoms with Crippen LogP contribution in [0.3, 0.4) is 0 Å². The van der Waals surface area contributed by atoms with Crippen molar-refractivity contribution in [2.24, 2.45) is 0 Å². The van der Waals surface area contributed by atoms with E-state index in [-0.39, 0.29) is 11.9 Å². The Hall–Kier alpha value is -1.77. The Kier molecular flexibility index (Phi) is 4.94. The van der Waals surface area contributed by atoms with Gasteiger partial charge < -0.3 is 9.88 Å². The highest BCUT2D eigenvalue weighted by Gasteiger charge is 2.37. The Morgan fingerprint density at radius 1 is 1.21 bits per heavy atom. The molecule has 0 bridgehead atoms. The van der Waals surface area contributed by atoms with Crippen LogP contribution in [0, 0.1) is 6.92 Å².